The quantitative estimate of drug-likeness (QED) is 0.801. The standard InChI is InChI=1S/C13H20N6O/c1-4-6-10-17-12(14-5-2)9(3)13(18-10)15-7-11-16-8-20-19-11/h8H,4-7H2,1-3H3,(H2,14,15,17,18). The molecule has 108 valence electrons. The molecule has 2 heterocycles. The first-order chi connectivity index (χ1) is 9.74. The summed E-state index contributed by atoms with van der Waals surface area (Å²) in [7, 11) is 0. The van der Waals surface area contributed by atoms with Gasteiger partial charge >= 0.3 is 0 Å². The Bertz CT molecular complexity index is 540. The predicted octanol–water partition coefficient (Wildman–Crippen LogP) is 2.16. The highest BCUT2D eigenvalue weighted by Gasteiger charge is 2.10. The van der Waals surface area contributed by atoms with Crippen LogP contribution >= 0.6 is 0 Å². The first-order valence-electron chi connectivity index (χ1n) is 6.85. The van der Waals surface area contributed by atoms with E-state index in [1.807, 2.05) is 13.8 Å². The van der Waals surface area contributed by atoms with Crippen LogP contribution in [-0.4, -0.2) is 26.7 Å². The molecule has 2 aromatic rings. The van der Waals surface area contributed by atoms with Crippen LogP contribution in [0.4, 0.5) is 11.6 Å². The zero-order valence-corrected chi connectivity index (χ0v) is 12.1. The maximum atomic E-state index is 4.71. The summed E-state index contributed by atoms with van der Waals surface area (Å²) in [6.07, 6.45) is 3.19. The molecule has 0 saturated carbocycles. The van der Waals surface area contributed by atoms with Gasteiger partial charge in [-0.05, 0) is 20.3 Å². The van der Waals surface area contributed by atoms with E-state index in [9.17, 15) is 0 Å². The van der Waals surface area contributed by atoms with Crippen molar-refractivity contribution in [2.45, 2.75) is 40.2 Å². The van der Waals surface area contributed by atoms with Crippen LogP contribution in [0.3, 0.4) is 0 Å². The van der Waals surface area contributed by atoms with Gasteiger partial charge in [0.05, 0.1) is 6.54 Å². The average molecular weight is 276 g/mol. The van der Waals surface area contributed by atoms with Crippen LogP contribution in [0, 0.1) is 6.92 Å². The molecular weight excluding hydrogens is 256 g/mol. The van der Waals surface area contributed by atoms with Gasteiger partial charge in [0.1, 0.15) is 17.5 Å². The van der Waals surface area contributed by atoms with Crippen molar-refractivity contribution in [1.29, 1.82) is 0 Å². The van der Waals surface area contributed by atoms with Crippen molar-refractivity contribution in [3.8, 4) is 0 Å². The van der Waals surface area contributed by atoms with E-state index in [1.165, 1.54) is 6.39 Å². The second-order valence-electron chi connectivity index (χ2n) is 4.44. The first-order valence-corrected chi connectivity index (χ1v) is 6.85. The fourth-order valence-corrected chi connectivity index (χ4v) is 1.84. The van der Waals surface area contributed by atoms with Gasteiger partial charge in [0.2, 0.25) is 6.39 Å². The summed E-state index contributed by atoms with van der Waals surface area (Å²) in [5.74, 6) is 3.13. The molecule has 0 saturated heterocycles. The number of aryl methyl sites for hydroxylation is 1. The molecule has 7 heteroatoms. The number of rotatable bonds is 7. The fourth-order valence-electron chi connectivity index (χ4n) is 1.84. The Morgan fingerprint density at radius 3 is 2.45 bits per heavy atom. The lowest BCUT2D eigenvalue weighted by molar-refractivity contribution is 0.411. The summed E-state index contributed by atoms with van der Waals surface area (Å²) in [6.45, 7) is 7.46. The van der Waals surface area contributed by atoms with E-state index < -0.39 is 0 Å². The topological polar surface area (TPSA) is 88.8 Å². The molecule has 0 aromatic carbocycles. The van der Waals surface area contributed by atoms with Crippen LogP contribution in [0.1, 0.15) is 37.5 Å². The van der Waals surface area contributed by atoms with Gasteiger partial charge in [-0.25, -0.2) is 9.97 Å². The maximum absolute atomic E-state index is 4.71. The van der Waals surface area contributed by atoms with Crippen molar-refractivity contribution in [2.75, 3.05) is 17.2 Å². The van der Waals surface area contributed by atoms with Crippen molar-refractivity contribution < 1.29 is 4.52 Å². The molecular formula is C13H20N6O. The summed E-state index contributed by atoms with van der Waals surface area (Å²) in [5.41, 5.74) is 0.996. The second-order valence-corrected chi connectivity index (χ2v) is 4.44. The van der Waals surface area contributed by atoms with Crippen molar-refractivity contribution in [3.05, 3.63) is 23.6 Å². The number of nitrogens with zero attached hydrogens (tertiary/aromatic N) is 4. The van der Waals surface area contributed by atoms with Gasteiger partial charge in [-0.1, -0.05) is 12.1 Å². The molecule has 0 spiro atoms. The van der Waals surface area contributed by atoms with Gasteiger partial charge < -0.3 is 15.2 Å². The molecule has 0 atom stereocenters. The zero-order chi connectivity index (χ0) is 14.4. The maximum Gasteiger partial charge on any atom is 0.213 e. The van der Waals surface area contributed by atoms with Gasteiger partial charge in [0.15, 0.2) is 5.82 Å². The van der Waals surface area contributed by atoms with Gasteiger partial charge in [-0.2, -0.15) is 4.98 Å². The Kier molecular flexibility index (Phi) is 4.86. The third-order valence-electron chi connectivity index (χ3n) is 2.83. The number of hydrogen-bond acceptors (Lipinski definition) is 7. The van der Waals surface area contributed by atoms with E-state index in [2.05, 4.69) is 37.7 Å². The van der Waals surface area contributed by atoms with Crippen LogP contribution in [0.15, 0.2) is 10.9 Å². The van der Waals surface area contributed by atoms with Gasteiger partial charge in [-0.3, -0.25) is 0 Å². The zero-order valence-electron chi connectivity index (χ0n) is 12.1. The predicted molar refractivity (Wildman–Crippen MR) is 76.6 cm³/mol. The van der Waals surface area contributed by atoms with Crippen LogP contribution < -0.4 is 10.6 Å². The monoisotopic (exact) mass is 276 g/mol. The SMILES string of the molecule is CCCc1nc(NCC)c(C)c(NCc2ncon2)n1. The average Bonchev–Trinajstić information content (AvgIpc) is 2.94. The Labute approximate surface area is 118 Å². The van der Waals surface area contributed by atoms with Crippen LogP contribution in [-0.2, 0) is 13.0 Å². The van der Waals surface area contributed by atoms with E-state index in [0.29, 0.717) is 12.4 Å². The molecule has 0 bridgehead atoms. The minimum absolute atomic E-state index is 0.478. The van der Waals surface area contributed by atoms with Crippen molar-refractivity contribution >= 4 is 11.6 Å². The van der Waals surface area contributed by atoms with E-state index in [1.54, 1.807) is 0 Å². The van der Waals surface area contributed by atoms with Crippen LogP contribution in [0.2, 0.25) is 0 Å². The van der Waals surface area contributed by atoms with Crippen molar-refractivity contribution in [3.63, 3.8) is 0 Å². The van der Waals surface area contributed by atoms with E-state index >= 15 is 0 Å². The lowest BCUT2D eigenvalue weighted by Gasteiger charge is -2.13. The molecule has 0 aliphatic carbocycles. The summed E-state index contributed by atoms with van der Waals surface area (Å²) >= 11 is 0. The van der Waals surface area contributed by atoms with E-state index in [-0.39, 0.29) is 0 Å². The van der Waals surface area contributed by atoms with Crippen molar-refractivity contribution in [1.82, 2.24) is 20.1 Å². The summed E-state index contributed by atoms with van der Waals surface area (Å²) in [6, 6.07) is 0. The third kappa shape index (κ3) is 3.43. The highest BCUT2D eigenvalue weighted by atomic mass is 16.5. The molecule has 0 radical (unpaired) electrons. The molecule has 2 N–H and O–H groups in total. The molecule has 7 nitrogen and oxygen atoms in total. The van der Waals surface area contributed by atoms with E-state index in [0.717, 1.165) is 42.4 Å². The Morgan fingerprint density at radius 1 is 1.10 bits per heavy atom. The normalized spacial score (nSPS) is 10.6. The Morgan fingerprint density at radius 2 is 1.85 bits per heavy atom. The van der Waals surface area contributed by atoms with Gasteiger partial charge in [0, 0.05) is 18.5 Å². The third-order valence-corrected chi connectivity index (χ3v) is 2.83. The minimum atomic E-state index is 0.478. The van der Waals surface area contributed by atoms with Gasteiger partial charge in [0.25, 0.3) is 0 Å². The lowest BCUT2D eigenvalue weighted by atomic mass is 10.2. The number of hydrogen-bond donors (Lipinski definition) is 2. The fraction of sp³-hybridized carbons (Fsp3) is 0.538. The lowest BCUT2D eigenvalue weighted by Crippen LogP contribution is -2.11. The molecule has 0 aliphatic rings. The van der Waals surface area contributed by atoms with Crippen molar-refractivity contribution in [2.24, 2.45) is 0 Å². The Hall–Kier alpha value is -2.18. The molecule has 20 heavy (non-hydrogen) atoms. The molecule has 0 aliphatic heterocycles. The van der Waals surface area contributed by atoms with Gasteiger partial charge in [-0.15, -0.1) is 0 Å². The number of nitrogens with one attached hydrogen (secondary N) is 2. The smallest absolute Gasteiger partial charge is 0.213 e. The molecule has 0 amide bonds. The Balaban J connectivity index is 2.20. The van der Waals surface area contributed by atoms with E-state index in [4.69, 9.17) is 4.52 Å². The number of anilines is 2. The molecule has 2 aromatic heterocycles. The minimum Gasteiger partial charge on any atom is -0.370 e. The van der Waals surface area contributed by atoms with Crippen LogP contribution in [0.5, 0.6) is 0 Å². The largest absolute Gasteiger partial charge is 0.370 e. The van der Waals surface area contributed by atoms with Crippen LogP contribution in [0.25, 0.3) is 0 Å². The second kappa shape index (κ2) is 6.83. The number of aromatic nitrogens is 4. The highest BCUT2D eigenvalue weighted by molar-refractivity contribution is 5.57. The molecule has 0 unspecified atom stereocenters. The summed E-state index contributed by atoms with van der Waals surface area (Å²) in [5, 5.41) is 10.3. The highest BCUT2D eigenvalue weighted by Crippen LogP contribution is 2.20. The molecule has 2 rings (SSSR count). The first kappa shape index (κ1) is 14.2. The summed E-state index contributed by atoms with van der Waals surface area (Å²) < 4.78 is 4.71. The molecule has 0 fully saturated rings. The summed E-state index contributed by atoms with van der Waals surface area (Å²) in [4.78, 5) is 13.1.